The summed E-state index contributed by atoms with van der Waals surface area (Å²) in [6, 6.07) is 3.48. The Morgan fingerprint density at radius 1 is 1.67 bits per heavy atom. The molecule has 0 aliphatic heterocycles. The van der Waals surface area contributed by atoms with E-state index < -0.39 is 0 Å². The summed E-state index contributed by atoms with van der Waals surface area (Å²) in [7, 11) is 0. The molecule has 0 radical (unpaired) electrons. The first-order chi connectivity index (χ1) is 3.93. The Balaban J connectivity index is 0.000000640. The largest absolute Gasteiger partial charge is 1.00 e. The van der Waals surface area contributed by atoms with Crippen LogP contribution in [0.25, 0.3) is 0 Å². The molecule has 0 amide bonds. The van der Waals surface area contributed by atoms with Crippen molar-refractivity contribution in [3.8, 4) is 0 Å². The molecular weight excluding hydrogens is 139 g/mol. The number of rotatable bonds is 1. The monoisotopic (exact) mass is 143 g/mol. The zero-order chi connectivity index (χ0) is 5.82. The molecular formula is C6H4KN2-. The standard InChI is InChI=1S/C6H4N2.K/c1-7-6-3-2-4-8-5-6;/h1-4H;/q-2;+1. The summed E-state index contributed by atoms with van der Waals surface area (Å²) >= 11 is 0. The molecule has 0 aliphatic rings. The molecule has 0 saturated carbocycles. The Labute approximate surface area is 96.8 Å². The zero-order valence-corrected chi connectivity index (χ0v) is 8.33. The van der Waals surface area contributed by atoms with E-state index in [1.165, 1.54) is 0 Å². The van der Waals surface area contributed by atoms with Gasteiger partial charge in [-0.1, -0.05) is 6.20 Å². The van der Waals surface area contributed by atoms with Crippen molar-refractivity contribution in [3.63, 3.8) is 0 Å². The third-order valence-corrected chi connectivity index (χ3v) is 0.733. The van der Waals surface area contributed by atoms with Crippen LogP contribution < -0.4 is 51.4 Å². The topological polar surface area (TPSA) is 25.2 Å². The normalized spacial score (nSPS) is 7.56. The van der Waals surface area contributed by atoms with Crippen molar-refractivity contribution in [2.45, 2.75) is 0 Å². The van der Waals surface area contributed by atoms with Gasteiger partial charge in [0.1, 0.15) is 0 Å². The van der Waals surface area contributed by atoms with E-state index >= 15 is 0 Å². The maximum Gasteiger partial charge on any atom is 1.00 e. The second-order valence-corrected chi connectivity index (χ2v) is 1.26. The predicted octanol–water partition coefficient (Wildman–Crippen LogP) is -1.91. The molecule has 0 unspecified atom stereocenters. The van der Waals surface area contributed by atoms with Crippen LogP contribution in [-0.2, 0) is 0 Å². The van der Waals surface area contributed by atoms with Gasteiger partial charge in [-0.2, -0.15) is 24.7 Å². The minimum atomic E-state index is 0. The van der Waals surface area contributed by atoms with Gasteiger partial charge >= 0.3 is 51.4 Å². The van der Waals surface area contributed by atoms with Crippen molar-refractivity contribution in [2.75, 3.05) is 0 Å². The Kier molecular flexibility index (Phi) is 5.52. The van der Waals surface area contributed by atoms with Crippen LogP contribution in [0.5, 0.6) is 0 Å². The van der Waals surface area contributed by atoms with Gasteiger partial charge in [-0.05, 0) is 0 Å². The Hall–Kier alpha value is 0.456. The number of aliphatic imine (C=N–C) groups is 1. The molecule has 3 heteroatoms. The van der Waals surface area contributed by atoms with Crippen molar-refractivity contribution >= 4 is 12.4 Å². The first kappa shape index (κ1) is 9.46. The second kappa shape index (κ2) is 5.26. The van der Waals surface area contributed by atoms with Gasteiger partial charge in [0.25, 0.3) is 0 Å². The van der Waals surface area contributed by atoms with Gasteiger partial charge in [0.2, 0.25) is 0 Å². The number of pyridine rings is 1. The molecule has 40 valence electrons. The number of aromatic nitrogens is 1. The minimum Gasteiger partial charge on any atom is -0.484 e. The molecule has 1 rings (SSSR count). The molecule has 0 aliphatic carbocycles. The van der Waals surface area contributed by atoms with E-state index in [-0.39, 0.29) is 51.4 Å². The summed E-state index contributed by atoms with van der Waals surface area (Å²) < 4.78 is 0. The van der Waals surface area contributed by atoms with Crippen LogP contribution in [0.15, 0.2) is 23.3 Å². The molecule has 0 spiro atoms. The summed E-state index contributed by atoms with van der Waals surface area (Å²) in [5.74, 6) is 0. The first-order valence-corrected chi connectivity index (χ1v) is 2.17. The van der Waals surface area contributed by atoms with Gasteiger partial charge < -0.3 is 9.98 Å². The van der Waals surface area contributed by atoms with Crippen LogP contribution >= 0.6 is 0 Å². The van der Waals surface area contributed by atoms with E-state index in [0.29, 0.717) is 5.69 Å². The number of hydrogen-bond donors (Lipinski definition) is 0. The van der Waals surface area contributed by atoms with Crippen LogP contribution in [0.4, 0.5) is 5.69 Å². The van der Waals surface area contributed by atoms with Crippen molar-refractivity contribution in [1.29, 1.82) is 0 Å². The SMILES string of the molecule is [CH-]=Nc1[c-]nccc1.[K+]. The van der Waals surface area contributed by atoms with Gasteiger partial charge in [-0.15, -0.1) is 0 Å². The van der Waals surface area contributed by atoms with E-state index in [9.17, 15) is 0 Å². The Morgan fingerprint density at radius 3 is 2.78 bits per heavy atom. The average molecular weight is 143 g/mol. The van der Waals surface area contributed by atoms with E-state index in [0.717, 1.165) is 0 Å². The van der Waals surface area contributed by atoms with Gasteiger partial charge in [0, 0.05) is 0 Å². The van der Waals surface area contributed by atoms with Crippen LogP contribution in [0, 0.1) is 6.20 Å². The predicted molar refractivity (Wildman–Crippen MR) is 31.2 cm³/mol. The molecule has 1 heterocycles. The van der Waals surface area contributed by atoms with Gasteiger partial charge in [0.15, 0.2) is 0 Å². The molecule has 0 atom stereocenters. The first-order valence-electron chi connectivity index (χ1n) is 2.17. The maximum atomic E-state index is 4.90. The third kappa shape index (κ3) is 3.22. The minimum absolute atomic E-state index is 0. The van der Waals surface area contributed by atoms with E-state index in [1.54, 1.807) is 18.3 Å². The summed E-state index contributed by atoms with van der Waals surface area (Å²) in [4.78, 5) is 7.01. The van der Waals surface area contributed by atoms with Crippen molar-refractivity contribution in [2.24, 2.45) is 4.99 Å². The summed E-state index contributed by atoms with van der Waals surface area (Å²) in [5, 5.41) is 0. The number of hydrogen-bond acceptors (Lipinski definition) is 2. The Morgan fingerprint density at radius 2 is 2.44 bits per heavy atom. The summed E-state index contributed by atoms with van der Waals surface area (Å²) in [6.07, 6.45) is 4.20. The van der Waals surface area contributed by atoms with Gasteiger partial charge in [-0.25, -0.2) is 6.07 Å². The number of nitrogens with zero attached hydrogens (tertiary/aromatic N) is 2. The fraction of sp³-hybridized carbons (Fsp3) is 0. The van der Waals surface area contributed by atoms with E-state index in [2.05, 4.69) is 16.2 Å². The van der Waals surface area contributed by atoms with E-state index in [1.807, 2.05) is 0 Å². The maximum absolute atomic E-state index is 4.90. The van der Waals surface area contributed by atoms with Crippen LogP contribution in [-0.4, -0.2) is 11.7 Å². The van der Waals surface area contributed by atoms with Crippen LogP contribution in [0.3, 0.4) is 0 Å². The Bertz CT molecular complexity index is 174. The zero-order valence-electron chi connectivity index (χ0n) is 5.20. The van der Waals surface area contributed by atoms with Gasteiger partial charge in [0.05, 0.1) is 0 Å². The summed E-state index contributed by atoms with van der Waals surface area (Å²) in [5.41, 5.74) is 0.576. The van der Waals surface area contributed by atoms with Crippen LogP contribution in [0.2, 0.25) is 0 Å². The molecule has 0 saturated heterocycles. The van der Waals surface area contributed by atoms with Crippen LogP contribution in [0.1, 0.15) is 0 Å². The molecule has 2 nitrogen and oxygen atoms in total. The molecule has 0 aromatic carbocycles. The molecule has 9 heavy (non-hydrogen) atoms. The average Bonchev–Trinajstić information content (AvgIpc) is 1.90. The van der Waals surface area contributed by atoms with Gasteiger partial charge in [-0.3, -0.25) is 0 Å². The molecule has 0 bridgehead atoms. The molecule has 0 fully saturated rings. The fourth-order valence-electron chi connectivity index (χ4n) is 0.390. The second-order valence-electron chi connectivity index (χ2n) is 1.26. The smallest absolute Gasteiger partial charge is 0.484 e. The molecule has 1 aromatic rings. The third-order valence-electron chi connectivity index (χ3n) is 0.733. The van der Waals surface area contributed by atoms with Crippen molar-refractivity contribution < 1.29 is 51.4 Å². The van der Waals surface area contributed by atoms with Crippen molar-refractivity contribution in [3.05, 3.63) is 24.5 Å². The quantitative estimate of drug-likeness (QED) is 0.256. The molecule has 1 aromatic heterocycles. The fourth-order valence-corrected chi connectivity index (χ4v) is 0.390. The summed E-state index contributed by atoms with van der Waals surface area (Å²) in [6.45, 7) is 4.90. The molecule has 0 N–H and O–H groups in total. The van der Waals surface area contributed by atoms with Crippen molar-refractivity contribution in [1.82, 2.24) is 4.98 Å². The van der Waals surface area contributed by atoms with E-state index in [4.69, 9.17) is 6.72 Å².